The number of thioether (sulfide) groups is 1. The minimum atomic E-state index is -0.616. The fourth-order valence-corrected chi connectivity index (χ4v) is 3.72. The summed E-state index contributed by atoms with van der Waals surface area (Å²) >= 11 is 1.52. The van der Waals surface area contributed by atoms with Crippen LogP contribution in [-0.2, 0) is 17.1 Å². The molecule has 3 rings (SSSR count). The van der Waals surface area contributed by atoms with E-state index in [2.05, 4.69) is 5.16 Å². The third kappa shape index (κ3) is 3.90. The number of likely N-dealkylation sites (tertiary alicyclic amines) is 1. The molecule has 2 aromatic rings. The van der Waals surface area contributed by atoms with Crippen LogP contribution in [0.3, 0.4) is 0 Å². The maximum absolute atomic E-state index is 13.8. The summed E-state index contributed by atoms with van der Waals surface area (Å²) in [7, 11) is 0. The van der Waals surface area contributed by atoms with Crippen molar-refractivity contribution in [2.45, 2.75) is 30.4 Å². The number of piperidine rings is 1. The quantitative estimate of drug-likeness (QED) is 0.838. The first-order chi connectivity index (χ1) is 11.1. The van der Waals surface area contributed by atoms with Crippen molar-refractivity contribution in [1.29, 1.82) is 0 Å². The molecule has 0 aliphatic carbocycles. The zero-order valence-electron chi connectivity index (χ0n) is 12.4. The summed E-state index contributed by atoms with van der Waals surface area (Å²) in [6.45, 7) is 0.767. The average molecular weight is 338 g/mol. The summed E-state index contributed by atoms with van der Waals surface area (Å²) in [4.78, 5) is 14.2. The van der Waals surface area contributed by atoms with Gasteiger partial charge in [0, 0.05) is 36.5 Å². The lowest BCUT2D eigenvalue weighted by molar-refractivity contribution is -0.133. The molecule has 2 heterocycles. The van der Waals surface area contributed by atoms with E-state index in [0.717, 1.165) is 24.6 Å². The molecule has 1 aliphatic rings. The molecule has 0 N–H and O–H groups in total. The smallest absolute Gasteiger partial charge is 0.236 e. The van der Waals surface area contributed by atoms with E-state index in [0.29, 0.717) is 17.9 Å². The highest BCUT2D eigenvalue weighted by molar-refractivity contribution is 7.99. The lowest BCUT2D eigenvalue weighted by atomic mass is 10.1. The largest absolute Gasteiger partial charge is 0.364 e. The van der Waals surface area contributed by atoms with E-state index in [1.807, 2.05) is 0 Å². The van der Waals surface area contributed by atoms with Crippen molar-refractivity contribution in [3.8, 4) is 0 Å². The second-order valence-corrected chi connectivity index (χ2v) is 6.62. The highest BCUT2D eigenvalue weighted by atomic mass is 32.2. The number of nitrogens with zero attached hydrogens (tertiary/aromatic N) is 2. The van der Waals surface area contributed by atoms with Crippen LogP contribution in [0.15, 0.2) is 35.1 Å². The minimum Gasteiger partial charge on any atom is -0.364 e. The van der Waals surface area contributed by atoms with Crippen LogP contribution in [0.2, 0.25) is 0 Å². The molecule has 0 unspecified atom stereocenters. The Morgan fingerprint density at radius 2 is 2.22 bits per heavy atom. The standard InChI is InChI=1S/C16H16F2N2O2S/c17-12-4-3-11(14(18)8-12)9-20-6-1-2-15(16(20)21)23-10-13-5-7-22-19-13/h3-5,7-8,15H,1-2,6,9-10H2/t15-/m1/s1. The van der Waals surface area contributed by atoms with Crippen molar-refractivity contribution in [3.05, 3.63) is 53.4 Å². The molecule has 0 bridgehead atoms. The van der Waals surface area contributed by atoms with Crippen LogP contribution in [0, 0.1) is 11.6 Å². The highest BCUT2D eigenvalue weighted by Crippen LogP contribution is 2.27. The number of carbonyl (C=O) groups is 1. The van der Waals surface area contributed by atoms with Gasteiger partial charge in [-0.2, -0.15) is 0 Å². The fourth-order valence-electron chi connectivity index (χ4n) is 2.57. The van der Waals surface area contributed by atoms with Gasteiger partial charge in [0.05, 0.1) is 10.9 Å². The van der Waals surface area contributed by atoms with Gasteiger partial charge in [0.1, 0.15) is 17.9 Å². The average Bonchev–Trinajstić information content (AvgIpc) is 3.04. The Labute approximate surface area is 136 Å². The number of amides is 1. The first-order valence-corrected chi connectivity index (χ1v) is 8.42. The normalized spacial score (nSPS) is 18.4. The molecule has 1 aliphatic heterocycles. The fraction of sp³-hybridized carbons (Fsp3) is 0.375. The number of benzene rings is 1. The van der Waals surface area contributed by atoms with Gasteiger partial charge in [0.15, 0.2) is 0 Å². The number of hydrogen-bond acceptors (Lipinski definition) is 4. The summed E-state index contributed by atoms with van der Waals surface area (Å²) < 4.78 is 31.5. The molecular weight excluding hydrogens is 322 g/mol. The first kappa shape index (κ1) is 16.0. The third-order valence-corrected chi connectivity index (χ3v) is 5.08. The van der Waals surface area contributed by atoms with Crippen molar-refractivity contribution in [1.82, 2.24) is 10.1 Å². The molecule has 23 heavy (non-hydrogen) atoms. The maximum Gasteiger partial charge on any atom is 0.236 e. The Morgan fingerprint density at radius 1 is 1.35 bits per heavy atom. The van der Waals surface area contributed by atoms with Gasteiger partial charge in [-0.25, -0.2) is 8.78 Å². The summed E-state index contributed by atoms with van der Waals surface area (Å²) in [5, 5.41) is 3.66. The SMILES string of the molecule is O=C1[C@H](SCc2ccon2)CCCN1Cc1ccc(F)cc1F. The van der Waals surface area contributed by atoms with Crippen molar-refractivity contribution in [2.24, 2.45) is 0 Å². The monoisotopic (exact) mass is 338 g/mol. The summed E-state index contributed by atoms with van der Waals surface area (Å²) in [6.07, 6.45) is 3.16. The molecule has 0 radical (unpaired) electrons. The van der Waals surface area contributed by atoms with Gasteiger partial charge < -0.3 is 9.42 Å². The van der Waals surface area contributed by atoms with E-state index >= 15 is 0 Å². The van der Waals surface area contributed by atoms with E-state index in [4.69, 9.17) is 4.52 Å². The van der Waals surface area contributed by atoms with Gasteiger partial charge in [-0.1, -0.05) is 11.2 Å². The molecule has 1 aromatic heterocycles. The van der Waals surface area contributed by atoms with Gasteiger partial charge in [0.2, 0.25) is 5.91 Å². The van der Waals surface area contributed by atoms with Crippen molar-refractivity contribution in [2.75, 3.05) is 6.54 Å². The Balaban J connectivity index is 1.62. The van der Waals surface area contributed by atoms with E-state index in [-0.39, 0.29) is 17.7 Å². The van der Waals surface area contributed by atoms with Crippen LogP contribution in [-0.4, -0.2) is 27.8 Å². The molecule has 1 amide bonds. The molecule has 0 spiro atoms. The predicted molar refractivity (Wildman–Crippen MR) is 82.6 cm³/mol. The van der Waals surface area contributed by atoms with E-state index < -0.39 is 11.6 Å². The van der Waals surface area contributed by atoms with Crippen LogP contribution in [0.1, 0.15) is 24.1 Å². The van der Waals surface area contributed by atoms with Crippen LogP contribution < -0.4 is 0 Å². The first-order valence-electron chi connectivity index (χ1n) is 7.37. The lowest BCUT2D eigenvalue weighted by Crippen LogP contribution is -2.42. The Hall–Kier alpha value is -1.89. The highest BCUT2D eigenvalue weighted by Gasteiger charge is 2.29. The Morgan fingerprint density at radius 3 is 2.96 bits per heavy atom. The van der Waals surface area contributed by atoms with E-state index in [9.17, 15) is 13.6 Å². The van der Waals surface area contributed by atoms with Crippen molar-refractivity contribution >= 4 is 17.7 Å². The maximum atomic E-state index is 13.8. The number of aromatic nitrogens is 1. The molecule has 1 saturated heterocycles. The molecule has 4 nitrogen and oxygen atoms in total. The van der Waals surface area contributed by atoms with Gasteiger partial charge in [-0.15, -0.1) is 11.8 Å². The van der Waals surface area contributed by atoms with Crippen LogP contribution >= 0.6 is 11.8 Å². The lowest BCUT2D eigenvalue weighted by Gasteiger charge is -2.32. The van der Waals surface area contributed by atoms with Crippen LogP contribution in [0.25, 0.3) is 0 Å². The minimum absolute atomic E-state index is 0.00605. The van der Waals surface area contributed by atoms with Crippen LogP contribution in [0.4, 0.5) is 8.78 Å². The number of rotatable bonds is 5. The zero-order chi connectivity index (χ0) is 16.2. The molecular formula is C16H16F2N2O2S. The second kappa shape index (κ2) is 7.12. The third-order valence-electron chi connectivity index (χ3n) is 3.78. The second-order valence-electron chi connectivity index (χ2n) is 5.43. The topological polar surface area (TPSA) is 46.3 Å². The van der Waals surface area contributed by atoms with Crippen LogP contribution in [0.5, 0.6) is 0 Å². The van der Waals surface area contributed by atoms with Gasteiger partial charge in [-0.3, -0.25) is 4.79 Å². The summed E-state index contributed by atoms with van der Waals surface area (Å²) in [5.41, 5.74) is 1.13. The van der Waals surface area contributed by atoms with Crippen molar-refractivity contribution < 1.29 is 18.1 Å². The number of carbonyl (C=O) groups excluding carboxylic acids is 1. The summed E-state index contributed by atoms with van der Waals surface area (Å²) in [5.74, 6) is -0.632. The van der Waals surface area contributed by atoms with E-state index in [1.54, 1.807) is 11.0 Å². The zero-order valence-corrected chi connectivity index (χ0v) is 13.2. The molecule has 0 saturated carbocycles. The molecule has 1 aromatic carbocycles. The Kier molecular flexibility index (Phi) is 4.95. The molecule has 122 valence electrons. The van der Waals surface area contributed by atoms with Gasteiger partial charge in [0.25, 0.3) is 0 Å². The number of halogens is 2. The number of hydrogen-bond donors (Lipinski definition) is 0. The summed E-state index contributed by atoms with van der Waals surface area (Å²) in [6, 6.07) is 5.22. The predicted octanol–water partition coefficient (Wildman–Crippen LogP) is 3.38. The van der Waals surface area contributed by atoms with Crippen molar-refractivity contribution in [3.63, 3.8) is 0 Å². The molecule has 1 atom stereocenters. The Bertz CT molecular complexity index is 679. The van der Waals surface area contributed by atoms with Gasteiger partial charge in [-0.05, 0) is 18.9 Å². The van der Waals surface area contributed by atoms with E-state index in [1.165, 1.54) is 30.2 Å². The molecule has 1 fully saturated rings. The molecule has 7 heteroatoms. The van der Waals surface area contributed by atoms with Gasteiger partial charge >= 0.3 is 0 Å².